The van der Waals surface area contributed by atoms with Crippen LogP contribution in [0.15, 0.2) is 18.2 Å². The molecule has 2 aliphatic rings. The van der Waals surface area contributed by atoms with Gasteiger partial charge in [0.25, 0.3) is 0 Å². The van der Waals surface area contributed by atoms with Crippen molar-refractivity contribution in [2.45, 2.75) is 25.7 Å². The van der Waals surface area contributed by atoms with E-state index in [0.717, 1.165) is 18.4 Å². The molecule has 1 aromatic rings. The van der Waals surface area contributed by atoms with Gasteiger partial charge < -0.3 is 10.5 Å². The van der Waals surface area contributed by atoms with Gasteiger partial charge in [-0.3, -0.25) is 0 Å². The summed E-state index contributed by atoms with van der Waals surface area (Å²) in [6.45, 7) is 0.750. The van der Waals surface area contributed by atoms with E-state index in [1.165, 1.54) is 25.7 Å². The number of nitrogen functional groups attached to an aromatic ring is 1. The molecule has 2 bridgehead atoms. The van der Waals surface area contributed by atoms with Crippen molar-refractivity contribution in [3.8, 4) is 11.8 Å². The summed E-state index contributed by atoms with van der Waals surface area (Å²) in [5.41, 5.74) is 6.81. The summed E-state index contributed by atoms with van der Waals surface area (Å²) < 4.78 is 5.84. The number of nitrogens with two attached hydrogens (primary N) is 1. The molecule has 0 amide bonds. The van der Waals surface area contributed by atoms with E-state index < -0.39 is 0 Å². The van der Waals surface area contributed by atoms with E-state index in [-0.39, 0.29) is 0 Å². The Bertz CT molecular complexity index is 492. The van der Waals surface area contributed by atoms with E-state index in [0.29, 0.717) is 22.9 Å². The highest BCUT2D eigenvalue weighted by molar-refractivity contribution is 5.53. The van der Waals surface area contributed by atoms with Gasteiger partial charge in [0, 0.05) is 5.69 Å². The van der Waals surface area contributed by atoms with Gasteiger partial charge in [0.1, 0.15) is 11.8 Å². The molecule has 0 heterocycles. The molecule has 1 aromatic carbocycles. The van der Waals surface area contributed by atoms with Gasteiger partial charge in [-0.1, -0.05) is 6.42 Å². The van der Waals surface area contributed by atoms with Crippen LogP contribution >= 0.6 is 0 Å². The van der Waals surface area contributed by atoms with Crippen LogP contribution in [0.4, 0.5) is 5.69 Å². The number of hydrogen-bond acceptors (Lipinski definition) is 3. The van der Waals surface area contributed by atoms with Gasteiger partial charge in [0.15, 0.2) is 0 Å². The van der Waals surface area contributed by atoms with E-state index in [1.54, 1.807) is 18.2 Å². The zero-order chi connectivity index (χ0) is 12.5. The first-order valence-electron chi connectivity index (χ1n) is 6.68. The third-order valence-electron chi connectivity index (χ3n) is 4.46. The Morgan fingerprint density at radius 2 is 2.22 bits per heavy atom. The molecule has 2 saturated carbocycles. The zero-order valence-corrected chi connectivity index (χ0v) is 10.4. The maximum Gasteiger partial charge on any atom is 0.137 e. The predicted octanol–water partition coefficient (Wildman–Crippen LogP) is 2.96. The van der Waals surface area contributed by atoms with Crippen molar-refractivity contribution in [2.75, 3.05) is 12.3 Å². The van der Waals surface area contributed by atoms with Crippen LogP contribution in [0.3, 0.4) is 0 Å². The first kappa shape index (κ1) is 11.4. The maximum absolute atomic E-state index is 9.05. The Hall–Kier alpha value is -1.69. The fourth-order valence-electron chi connectivity index (χ4n) is 3.54. The molecule has 0 radical (unpaired) electrons. The Morgan fingerprint density at radius 3 is 2.89 bits per heavy atom. The minimum Gasteiger partial charge on any atom is -0.492 e. The molecule has 2 aliphatic carbocycles. The Morgan fingerprint density at radius 1 is 1.33 bits per heavy atom. The average Bonchev–Trinajstić information content (AvgIpc) is 2.99. The molecular formula is C15H18N2O. The second kappa shape index (κ2) is 4.53. The van der Waals surface area contributed by atoms with Crippen LogP contribution in [0.1, 0.15) is 31.2 Å². The first-order chi connectivity index (χ1) is 8.76. The second-order valence-corrected chi connectivity index (χ2v) is 5.61. The summed E-state index contributed by atoms with van der Waals surface area (Å²) in [5.74, 6) is 3.15. The smallest absolute Gasteiger partial charge is 0.137 e. The number of rotatable bonds is 3. The summed E-state index contributed by atoms with van der Waals surface area (Å²) in [6, 6.07) is 7.41. The molecule has 3 unspecified atom stereocenters. The molecule has 0 spiro atoms. The molecule has 3 rings (SSSR count). The highest BCUT2D eigenvalue weighted by atomic mass is 16.5. The van der Waals surface area contributed by atoms with E-state index in [2.05, 4.69) is 6.07 Å². The van der Waals surface area contributed by atoms with Crippen molar-refractivity contribution in [1.82, 2.24) is 0 Å². The quantitative estimate of drug-likeness (QED) is 0.829. The SMILES string of the molecule is N#Cc1cc(N)ccc1OCC1CC2CCC1C2. The van der Waals surface area contributed by atoms with Crippen LogP contribution < -0.4 is 10.5 Å². The van der Waals surface area contributed by atoms with Gasteiger partial charge in [-0.2, -0.15) is 5.26 Å². The van der Waals surface area contributed by atoms with Crippen molar-refractivity contribution >= 4 is 5.69 Å². The standard InChI is InChI=1S/C15H18N2O/c16-8-12-7-14(17)3-4-15(12)18-9-13-6-10-1-2-11(13)5-10/h3-4,7,10-11,13H,1-2,5-6,9,17H2. The number of benzene rings is 1. The number of nitriles is 1. The Kier molecular flexibility index (Phi) is 2.87. The molecule has 0 aliphatic heterocycles. The number of nitrogens with zero attached hydrogens (tertiary/aromatic N) is 1. The van der Waals surface area contributed by atoms with Crippen LogP contribution in [0, 0.1) is 29.1 Å². The van der Waals surface area contributed by atoms with Crippen molar-refractivity contribution in [2.24, 2.45) is 17.8 Å². The minimum absolute atomic E-state index is 0.540. The molecule has 2 fully saturated rings. The van der Waals surface area contributed by atoms with Gasteiger partial charge >= 0.3 is 0 Å². The lowest BCUT2D eigenvalue weighted by molar-refractivity contribution is 0.195. The summed E-state index contributed by atoms with van der Waals surface area (Å²) >= 11 is 0. The molecule has 3 atom stereocenters. The van der Waals surface area contributed by atoms with Gasteiger partial charge in [0.2, 0.25) is 0 Å². The minimum atomic E-state index is 0.540. The number of hydrogen-bond donors (Lipinski definition) is 1. The lowest BCUT2D eigenvalue weighted by Crippen LogP contribution is -2.18. The van der Waals surface area contributed by atoms with Crippen molar-refractivity contribution in [1.29, 1.82) is 5.26 Å². The Labute approximate surface area is 108 Å². The van der Waals surface area contributed by atoms with E-state index >= 15 is 0 Å². The van der Waals surface area contributed by atoms with Crippen molar-refractivity contribution in [3.05, 3.63) is 23.8 Å². The summed E-state index contributed by atoms with van der Waals surface area (Å²) in [6.07, 6.45) is 5.47. The van der Waals surface area contributed by atoms with Crippen molar-refractivity contribution < 1.29 is 4.74 Å². The van der Waals surface area contributed by atoms with Gasteiger partial charge in [-0.25, -0.2) is 0 Å². The molecule has 94 valence electrons. The average molecular weight is 242 g/mol. The van der Waals surface area contributed by atoms with E-state index in [9.17, 15) is 0 Å². The zero-order valence-electron chi connectivity index (χ0n) is 10.4. The first-order valence-corrected chi connectivity index (χ1v) is 6.68. The predicted molar refractivity (Wildman–Crippen MR) is 70.0 cm³/mol. The highest BCUT2D eigenvalue weighted by Crippen LogP contribution is 2.48. The summed E-state index contributed by atoms with van der Waals surface area (Å²) in [5, 5.41) is 9.05. The topological polar surface area (TPSA) is 59.0 Å². The van der Waals surface area contributed by atoms with E-state index in [4.69, 9.17) is 15.7 Å². The van der Waals surface area contributed by atoms with Gasteiger partial charge in [-0.05, 0) is 55.2 Å². The fraction of sp³-hybridized carbons (Fsp3) is 0.533. The molecule has 2 N–H and O–H groups in total. The van der Waals surface area contributed by atoms with E-state index in [1.807, 2.05) is 0 Å². The van der Waals surface area contributed by atoms with Crippen LogP contribution in [-0.4, -0.2) is 6.61 Å². The third kappa shape index (κ3) is 2.03. The molecule has 3 nitrogen and oxygen atoms in total. The largest absolute Gasteiger partial charge is 0.492 e. The lowest BCUT2D eigenvalue weighted by Gasteiger charge is -2.22. The van der Waals surface area contributed by atoms with Crippen molar-refractivity contribution in [3.63, 3.8) is 0 Å². The number of anilines is 1. The maximum atomic E-state index is 9.05. The third-order valence-corrected chi connectivity index (χ3v) is 4.46. The van der Waals surface area contributed by atoms with Crippen LogP contribution in [0.5, 0.6) is 5.75 Å². The second-order valence-electron chi connectivity index (χ2n) is 5.61. The molecule has 0 saturated heterocycles. The summed E-state index contributed by atoms with van der Waals surface area (Å²) in [7, 11) is 0. The number of ether oxygens (including phenoxy) is 1. The summed E-state index contributed by atoms with van der Waals surface area (Å²) in [4.78, 5) is 0. The lowest BCUT2D eigenvalue weighted by atomic mass is 9.89. The molecule has 3 heteroatoms. The molecular weight excluding hydrogens is 224 g/mol. The number of fused-ring (bicyclic) bond motifs is 2. The monoisotopic (exact) mass is 242 g/mol. The van der Waals surface area contributed by atoms with Crippen LogP contribution in [-0.2, 0) is 0 Å². The van der Waals surface area contributed by atoms with Gasteiger partial charge in [-0.15, -0.1) is 0 Å². The van der Waals surface area contributed by atoms with Crippen LogP contribution in [0.25, 0.3) is 0 Å². The van der Waals surface area contributed by atoms with Gasteiger partial charge in [0.05, 0.1) is 12.2 Å². The highest BCUT2D eigenvalue weighted by Gasteiger charge is 2.39. The normalized spacial score (nSPS) is 29.2. The van der Waals surface area contributed by atoms with Crippen LogP contribution in [0.2, 0.25) is 0 Å². The molecule has 0 aromatic heterocycles. The molecule has 18 heavy (non-hydrogen) atoms. The Balaban J connectivity index is 1.65. The fourth-order valence-corrected chi connectivity index (χ4v) is 3.54.